The first-order valence-electron chi connectivity index (χ1n) is 5.20. The van der Waals surface area contributed by atoms with Gasteiger partial charge in [-0.25, -0.2) is 0 Å². The van der Waals surface area contributed by atoms with Crippen molar-refractivity contribution in [1.82, 2.24) is 0 Å². The maximum absolute atomic E-state index is 11.4. The first-order chi connectivity index (χ1) is 7.15. The van der Waals surface area contributed by atoms with Gasteiger partial charge in [0, 0.05) is 12.1 Å². The molecule has 0 aliphatic heterocycles. The van der Waals surface area contributed by atoms with Crippen LogP contribution in [0.25, 0.3) is 0 Å². The Balaban J connectivity index is 2.22. The molecule has 0 radical (unpaired) electrons. The highest BCUT2D eigenvalue weighted by atomic mass is 16.1. The van der Waals surface area contributed by atoms with E-state index in [1.165, 1.54) is 11.1 Å². The van der Waals surface area contributed by atoms with Crippen LogP contribution in [0.1, 0.15) is 29.9 Å². The molecule has 1 aliphatic carbocycles. The molecular weight excluding hydrogens is 186 g/mol. The van der Waals surface area contributed by atoms with Crippen LogP contribution in [-0.2, 0) is 4.79 Å². The van der Waals surface area contributed by atoms with Crippen LogP contribution in [0.3, 0.4) is 0 Å². The number of hydrogen-bond acceptors (Lipinski definition) is 2. The molecular formula is C13H15NO. The normalized spacial score (nSPS) is 21.3. The number of carbonyl (C=O) groups is 1. The summed E-state index contributed by atoms with van der Waals surface area (Å²) in [6, 6.07) is 8.33. The van der Waals surface area contributed by atoms with Crippen LogP contribution in [0.5, 0.6) is 0 Å². The van der Waals surface area contributed by atoms with Crippen molar-refractivity contribution in [3.63, 3.8) is 0 Å². The second kappa shape index (κ2) is 3.89. The molecule has 1 aliphatic rings. The van der Waals surface area contributed by atoms with Crippen LogP contribution in [0.2, 0.25) is 0 Å². The second-order valence-electron chi connectivity index (χ2n) is 4.20. The van der Waals surface area contributed by atoms with Crippen LogP contribution in [0, 0.1) is 6.92 Å². The quantitative estimate of drug-likeness (QED) is 0.757. The van der Waals surface area contributed by atoms with Crippen molar-refractivity contribution in [1.29, 1.82) is 0 Å². The van der Waals surface area contributed by atoms with Gasteiger partial charge >= 0.3 is 0 Å². The van der Waals surface area contributed by atoms with Gasteiger partial charge in [0.1, 0.15) is 0 Å². The zero-order chi connectivity index (χ0) is 10.8. The molecule has 78 valence electrons. The number of rotatable bonds is 1. The van der Waals surface area contributed by atoms with E-state index in [1.807, 2.05) is 0 Å². The molecule has 0 aromatic heterocycles. The van der Waals surface area contributed by atoms with Crippen LogP contribution < -0.4 is 5.73 Å². The minimum absolute atomic E-state index is 0.143. The van der Waals surface area contributed by atoms with Gasteiger partial charge in [-0.15, -0.1) is 0 Å². The van der Waals surface area contributed by atoms with E-state index in [9.17, 15) is 4.79 Å². The Bertz CT molecular complexity index is 403. The van der Waals surface area contributed by atoms with Crippen molar-refractivity contribution < 1.29 is 4.79 Å². The van der Waals surface area contributed by atoms with Gasteiger partial charge in [-0.05, 0) is 30.9 Å². The van der Waals surface area contributed by atoms with Crippen molar-refractivity contribution in [2.45, 2.75) is 25.7 Å². The molecule has 0 bridgehead atoms. The smallest absolute Gasteiger partial charge is 0.158 e. The monoisotopic (exact) mass is 201 g/mol. The molecule has 0 saturated carbocycles. The molecule has 15 heavy (non-hydrogen) atoms. The molecule has 0 fully saturated rings. The van der Waals surface area contributed by atoms with E-state index in [4.69, 9.17) is 5.73 Å². The Kier molecular flexibility index (Phi) is 2.58. The topological polar surface area (TPSA) is 43.1 Å². The molecule has 0 amide bonds. The van der Waals surface area contributed by atoms with E-state index in [-0.39, 0.29) is 11.7 Å². The third kappa shape index (κ3) is 2.27. The lowest BCUT2D eigenvalue weighted by molar-refractivity contribution is -0.115. The molecule has 1 aromatic rings. The van der Waals surface area contributed by atoms with Gasteiger partial charge in [0.05, 0.1) is 0 Å². The first-order valence-corrected chi connectivity index (χ1v) is 5.20. The average Bonchev–Trinajstić information content (AvgIpc) is 2.17. The van der Waals surface area contributed by atoms with Gasteiger partial charge in [0.25, 0.3) is 0 Å². The van der Waals surface area contributed by atoms with Crippen molar-refractivity contribution in [3.8, 4) is 0 Å². The van der Waals surface area contributed by atoms with Crippen LogP contribution in [0.4, 0.5) is 0 Å². The first kappa shape index (κ1) is 9.97. The third-order valence-electron chi connectivity index (χ3n) is 2.82. The number of carbonyl (C=O) groups excluding carboxylic acids is 1. The molecule has 0 spiro atoms. The number of nitrogens with two attached hydrogens (primary N) is 1. The second-order valence-corrected chi connectivity index (χ2v) is 4.20. The summed E-state index contributed by atoms with van der Waals surface area (Å²) in [5, 5.41) is 0. The molecule has 0 saturated heterocycles. The van der Waals surface area contributed by atoms with Crippen molar-refractivity contribution in [2.75, 3.05) is 0 Å². The standard InChI is InChI=1S/C13H15NO/c1-9-2-4-10(5-3-9)11-6-12(14)8-13(15)7-11/h2-5,8,11H,6-7,14H2,1H3/t11-/m1/s1. The van der Waals surface area contributed by atoms with Gasteiger partial charge in [0.15, 0.2) is 5.78 Å². The zero-order valence-corrected chi connectivity index (χ0v) is 8.86. The Morgan fingerprint density at radius 2 is 1.87 bits per heavy atom. The summed E-state index contributed by atoms with van der Waals surface area (Å²) in [6.45, 7) is 2.06. The van der Waals surface area contributed by atoms with Crippen LogP contribution in [0.15, 0.2) is 36.0 Å². The highest BCUT2D eigenvalue weighted by Gasteiger charge is 2.20. The predicted molar refractivity (Wildman–Crippen MR) is 60.4 cm³/mol. The molecule has 1 atom stereocenters. The van der Waals surface area contributed by atoms with E-state index in [2.05, 4.69) is 31.2 Å². The summed E-state index contributed by atoms with van der Waals surface area (Å²) in [7, 11) is 0. The van der Waals surface area contributed by atoms with Crippen LogP contribution in [-0.4, -0.2) is 5.78 Å². The summed E-state index contributed by atoms with van der Waals surface area (Å²) in [5.74, 6) is 0.410. The number of allylic oxidation sites excluding steroid dienone is 2. The van der Waals surface area contributed by atoms with E-state index in [1.54, 1.807) is 6.08 Å². The highest BCUT2D eigenvalue weighted by Crippen LogP contribution is 2.29. The van der Waals surface area contributed by atoms with E-state index >= 15 is 0 Å². The Labute approximate surface area is 89.8 Å². The number of ketones is 1. The van der Waals surface area contributed by atoms with Crippen molar-refractivity contribution in [3.05, 3.63) is 47.2 Å². The summed E-state index contributed by atoms with van der Waals surface area (Å²) < 4.78 is 0. The molecule has 2 heteroatoms. The summed E-state index contributed by atoms with van der Waals surface area (Å²) in [4.78, 5) is 11.4. The van der Waals surface area contributed by atoms with E-state index in [0.29, 0.717) is 12.1 Å². The predicted octanol–water partition coefficient (Wildman–Crippen LogP) is 2.28. The largest absolute Gasteiger partial charge is 0.402 e. The summed E-state index contributed by atoms with van der Waals surface area (Å²) in [5.41, 5.74) is 8.88. The molecule has 1 aromatic carbocycles. The minimum Gasteiger partial charge on any atom is -0.402 e. The fraction of sp³-hybridized carbons (Fsp3) is 0.308. The van der Waals surface area contributed by atoms with Gasteiger partial charge in [-0.1, -0.05) is 29.8 Å². The lowest BCUT2D eigenvalue weighted by Gasteiger charge is -2.20. The molecule has 0 heterocycles. The van der Waals surface area contributed by atoms with Gasteiger partial charge in [-0.2, -0.15) is 0 Å². The maximum Gasteiger partial charge on any atom is 0.158 e. The summed E-state index contributed by atoms with van der Waals surface area (Å²) >= 11 is 0. The number of aryl methyl sites for hydroxylation is 1. The lowest BCUT2D eigenvalue weighted by atomic mass is 9.85. The minimum atomic E-state index is 0.143. The van der Waals surface area contributed by atoms with Gasteiger partial charge in [0.2, 0.25) is 0 Å². The van der Waals surface area contributed by atoms with Crippen molar-refractivity contribution >= 4 is 5.78 Å². The Morgan fingerprint density at radius 3 is 2.47 bits per heavy atom. The Morgan fingerprint density at radius 1 is 1.20 bits per heavy atom. The molecule has 2 rings (SSSR count). The van der Waals surface area contributed by atoms with E-state index < -0.39 is 0 Å². The number of hydrogen-bond donors (Lipinski definition) is 1. The fourth-order valence-corrected chi connectivity index (χ4v) is 2.00. The summed E-state index contributed by atoms with van der Waals surface area (Å²) in [6.07, 6.45) is 2.95. The van der Waals surface area contributed by atoms with Gasteiger partial charge in [-0.3, -0.25) is 4.79 Å². The maximum atomic E-state index is 11.4. The third-order valence-corrected chi connectivity index (χ3v) is 2.82. The van der Waals surface area contributed by atoms with Crippen LogP contribution >= 0.6 is 0 Å². The van der Waals surface area contributed by atoms with Crippen molar-refractivity contribution in [2.24, 2.45) is 5.73 Å². The SMILES string of the molecule is Cc1ccc([C@H]2CC(=O)C=C(N)C2)cc1. The molecule has 0 unspecified atom stereocenters. The van der Waals surface area contributed by atoms with E-state index in [0.717, 1.165) is 6.42 Å². The Hall–Kier alpha value is -1.57. The molecule has 2 nitrogen and oxygen atoms in total. The molecule has 2 N–H and O–H groups in total. The van der Waals surface area contributed by atoms with Gasteiger partial charge < -0.3 is 5.73 Å². The average molecular weight is 201 g/mol. The number of benzene rings is 1. The zero-order valence-electron chi connectivity index (χ0n) is 8.86. The lowest BCUT2D eigenvalue weighted by Crippen LogP contribution is -2.16. The highest BCUT2D eigenvalue weighted by molar-refractivity contribution is 5.91. The fourth-order valence-electron chi connectivity index (χ4n) is 2.00.